The summed E-state index contributed by atoms with van der Waals surface area (Å²) in [4.78, 5) is 14.0. The quantitative estimate of drug-likeness (QED) is 0.651. The van der Waals surface area contributed by atoms with Crippen LogP contribution in [0, 0.1) is 6.92 Å². The third-order valence-electron chi connectivity index (χ3n) is 2.98. The molecule has 7 heteroatoms. The lowest BCUT2D eigenvalue weighted by molar-refractivity contribution is 0.0601. The van der Waals surface area contributed by atoms with Crippen molar-refractivity contribution < 1.29 is 17.9 Å². The molecule has 0 amide bonds. The Balaban J connectivity index is 2.19. The van der Waals surface area contributed by atoms with E-state index in [1.165, 1.54) is 25.3 Å². The van der Waals surface area contributed by atoms with Crippen molar-refractivity contribution in [2.75, 3.05) is 12.5 Å². The Hall–Kier alpha value is -2.38. The highest BCUT2D eigenvalue weighted by atomic mass is 32.2. The lowest BCUT2D eigenvalue weighted by atomic mass is 10.2. The minimum atomic E-state index is -3.74. The Morgan fingerprint density at radius 1 is 1.05 bits per heavy atom. The van der Waals surface area contributed by atoms with Gasteiger partial charge in [-0.05, 0) is 31.2 Å². The van der Waals surface area contributed by atoms with Gasteiger partial charge in [0.2, 0.25) is 0 Å². The summed E-state index contributed by atoms with van der Waals surface area (Å²) in [7, 11) is -2.48. The normalized spacial score (nSPS) is 11.0. The van der Waals surface area contributed by atoms with Crippen LogP contribution < -0.4 is 10.3 Å². The van der Waals surface area contributed by atoms with Crippen LogP contribution in [0.15, 0.2) is 53.4 Å². The van der Waals surface area contributed by atoms with Gasteiger partial charge in [-0.1, -0.05) is 29.8 Å². The van der Waals surface area contributed by atoms with Gasteiger partial charge < -0.3 is 10.2 Å². The largest absolute Gasteiger partial charge is 0.465 e. The molecule has 0 bridgehead atoms. The zero-order valence-corrected chi connectivity index (χ0v) is 13.0. The fourth-order valence-corrected chi connectivity index (χ4v) is 2.64. The lowest BCUT2D eigenvalue weighted by Gasteiger charge is -2.12. The van der Waals surface area contributed by atoms with Crippen LogP contribution in [0.5, 0.6) is 0 Å². The number of para-hydroxylation sites is 1. The molecule has 0 saturated heterocycles. The zero-order chi connectivity index (χ0) is 16.2. The number of hydrogen-bond donors (Lipinski definition) is 2. The molecule has 0 aliphatic carbocycles. The minimum absolute atomic E-state index is 0.126. The summed E-state index contributed by atoms with van der Waals surface area (Å²) in [5.74, 6) is -0.558. The second-order valence-corrected chi connectivity index (χ2v) is 6.26. The van der Waals surface area contributed by atoms with E-state index in [1.54, 1.807) is 30.3 Å². The van der Waals surface area contributed by atoms with Crippen LogP contribution in [0.1, 0.15) is 15.9 Å². The number of benzene rings is 2. The Morgan fingerprint density at radius 2 is 1.68 bits per heavy atom. The molecular weight excluding hydrogens is 304 g/mol. The van der Waals surface area contributed by atoms with Crippen molar-refractivity contribution in [3.8, 4) is 0 Å². The van der Waals surface area contributed by atoms with E-state index >= 15 is 0 Å². The first-order chi connectivity index (χ1) is 10.4. The molecule has 0 aromatic heterocycles. The smallest absolute Gasteiger partial charge is 0.340 e. The number of carbonyl (C=O) groups is 1. The van der Waals surface area contributed by atoms with Crippen molar-refractivity contribution >= 4 is 21.7 Å². The van der Waals surface area contributed by atoms with Crippen molar-refractivity contribution in [3.05, 3.63) is 59.7 Å². The van der Waals surface area contributed by atoms with E-state index in [4.69, 9.17) is 0 Å². The highest BCUT2D eigenvalue weighted by Crippen LogP contribution is 2.16. The third-order valence-corrected chi connectivity index (χ3v) is 4.25. The summed E-state index contributed by atoms with van der Waals surface area (Å²) in [5, 5.41) is 0. The molecule has 0 saturated carbocycles. The molecule has 2 N–H and O–H groups in total. The molecule has 2 aromatic rings. The van der Waals surface area contributed by atoms with Gasteiger partial charge in [-0.25, -0.2) is 13.2 Å². The van der Waals surface area contributed by atoms with Crippen molar-refractivity contribution in [2.45, 2.75) is 11.8 Å². The van der Waals surface area contributed by atoms with Crippen molar-refractivity contribution in [1.29, 1.82) is 0 Å². The van der Waals surface area contributed by atoms with Gasteiger partial charge in [-0.2, -0.15) is 0 Å². The highest BCUT2D eigenvalue weighted by Gasteiger charge is 2.16. The minimum Gasteiger partial charge on any atom is -0.465 e. The second kappa shape index (κ2) is 6.59. The van der Waals surface area contributed by atoms with E-state index in [0.717, 1.165) is 5.56 Å². The summed E-state index contributed by atoms with van der Waals surface area (Å²) in [5.41, 5.74) is 4.05. The SMILES string of the molecule is COC(=O)c1ccccc1NNS(=O)(=O)c1ccc(C)cc1. The summed E-state index contributed by atoms with van der Waals surface area (Å²) in [6.07, 6.45) is 0. The maximum absolute atomic E-state index is 12.2. The van der Waals surface area contributed by atoms with Crippen molar-refractivity contribution in [1.82, 2.24) is 4.83 Å². The third kappa shape index (κ3) is 3.63. The van der Waals surface area contributed by atoms with Gasteiger partial charge in [-0.15, -0.1) is 4.83 Å². The van der Waals surface area contributed by atoms with Gasteiger partial charge in [0, 0.05) is 0 Å². The van der Waals surface area contributed by atoms with Crippen molar-refractivity contribution in [2.24, 2.45) is 0 Å². The van der Waals surface area contributed by atoms with Crippen LogP contribution in [0.3, 0.4) is 0 Å². The molecule has 2 rings (SSSR count). The van der Waals surface area contributed by atoms with Crippen LogP contribution in [-0.2, 0) is 14.8 Å². The van der Waals surface area contributed by atoms with Crippen LogP contribution in [0.25, 0.3) is 0 Å². The molecule has 0 radical (unpaired) electrons. The van der Waals surface area contributed by atoms with E-state index < -0.39 is 16.0 Å². The summed E-state index contributed by atoms with van der Waals surface area (Å²) in [6.45, 7) is 1.87. The average molecular weight is 320 g/mol. The van der Waals surface area contributed by atoms with Gasteiger partial charge in [0.25, 0.3) is 10.0 Å². The first-order valence-electron chi connectivity index (χ1n) is 6.46. The van der Waals surface area contributed by atoms with Gasteiger partial charge >= 0.3 is 5.97 Å². The Kier molecular flexibility index (Phi) is 4.79. The first-order valence-corrected chi connectivity index (χ1v) is 7.94. The number of anilines is 1. The number of aryl methyl sites for hydroxylation is 1. The lowest BCUT2D eigenvalue weighted by Crippen LogP contribution is -2.30. The maximum atomic E-state index is 12.2. The van der Waals surface area contributed by atoms with Crippen LogP contribution >= 0.6 is 0 Å². The topological polar surface area (TPSA) is 84.5 Å². The first kappa shape index (κ1) is 16.0. The van der Waals surface area contributed by atoms with E-state index in [0.29, 0.717) is 5.69 Å². The fraction of sp³-hybridized carbons (Fsp3) is 0.133. The van der Waals surface area contributed by atoms with Gasteiger partial charge in [0.15, 0.2) is 0 Å². The molecule has 6 nitrogen and oxygen atoms in total. The van der Waals surface area contributed by atoms with Crippen LogP contribution in [0.4, 0.5) is 5.69 Å². The molecule has 0 spiro atoms. The molecule has 0 aliphatic heterocycles. The van der Waals surface area contributed by atoms with E-state index in [9.17, 15) is 13.2 Å². The molecule has 0 unspecified atom stereocenters. The molecule has 0 aliphatic rings. The number of esters is 1. The summed E-state index contributed by atoms with van der Waals surface area (Å²) >= 11 is 0. The van der Waals surface area contributed by atoms with Gasteiger partial charge in [0.05, 0.1) is 23.3 Å². The monoisotopic (exact) mass is 320 g/mol. The molecular formula is C15H16N2O4S. The van der Waals surface area contributed by atoms with Crippen LogP contribution in [-0.4, -0.2) is 21.5 Å². The van der Waals surface area contributed by atoms with Crippen LogP contribution in [0.2, 0.25) is 0 Å². The Morgan fingerprint density at radius 3 is 2.32 bits per heavy atom. The number of carbonyl (C=O) groups excluding carboxylic acids is 1. The number of methoxy groups -OCH3 is 1. The number of nitrogens with one attached hydrogen (secondary N) is 2. The predicted molar refractivity (Wildman–Crippen MR) is 82.9 cm³/mol. The number of hydrogen-bond acceptors (Lipinski definition) is 5. The standard InChI is InChI=1S/C15H16N2O4S/c1-11-7-9-12(10-8-11)22(19,20)17-16-14-6-4-3-5-13(14)15(18)21-2/h3-10,16-17H,1-2H3. The predicted octanol–water partition coefficient (Wildman–Crippen LogP) is 2.09. The fourth-order valence-electron chi connectivity index (χ4n) is 1.78. The van der Waals surface area contributed by atoms with E-state index in [1.807, 2.05) is 6.92 Å². The number of sulfonamides is 1. The molecule has 0 fully saturated rings. The molecule has 2 aromatic carbocycles. The molecule has 116 valence electrons. The van der Waals surface area contributed by atoms with E-state index in [-0.39, 0.29) is 10.5 Å². The summed E-state index contributed by atoms with van der Waals surface area (Å²) in [6, 6.07) is 12.9. The maximum Gasteiger partial charge on any atom is 0.340 e. The van der Waals surface area contributed by atoms with E-state index in [2.05, 4.69) is 15.0 Å². The molecule has 0 atom stereocenters. The van der Waals surface area contributed by atoms with Gasteiger partial charge in [-0.3, -0.25) is 0 Å². The van der Waals surface area contributed by atoms with Crippen molar-refractivity contribution in [3.63, 3.8) is 0 Å². The Labute approximate surface area is 129 Å². The average Bonchev–Trinajstić information content (AvgIpc) is 2.53. The summed E-state index contributed by atoms with van der Waals surface area (Å²) < 4.78 is 29.0. The number of rotatable bonds is 5. The molecule has 0 heterocycles. The highest BCUT2D eigenvalue weighted by molar-refractivity contribution is 7.89. The number of hydrazine groups is 1. The Bertz CT molecular complexity index is 770. The second-order valence-electron chi connectivity index (χ2n) is 4.58. The number of ether oxygens (including phenoxy) is 1. The zero-order valence-electron chi connectivity index (χ0n) is 12.2. The van der Waals surface area contributed by atoms with Gasteiger partial charge in [0.1, 0.15) is 0 Å². The molecule has 22 heavy (non-hydrogen) atoms.